The van der Waals surface area contributed by atoms with E-state index >= 15 is 0 Å². The molecule has 3 unspecified atom stereocenters. The van der Waals surface area contributed by atoms with Crippen molar-refractivity contribution >= 4 is 17.4 Å². The highest BCUT2D eigenvalue weighted by Gasteiger charge is 2.39. The summed E-state index contributed by atoms with van der Waals surface area (Å²) in [4.78, 5) is 18.7. The molecule has 0 radical (unpaired) electrons. The van der Waals surface area contributed by atoms with Gasteiger partial charge in [0, 0.05) is 48.6 Å². The maximum Gasteiger partial charge on any atom is 0.317 e. The molecule has 2 saturated heterocycles. The lowest BCUT2D eigenvalue weighted by molar-refractivity contribution is 0.146. The zero-order valence-corrected chi connectivity index (χ0v) is 15.3. The molecule has 1 N–H and O–H groups in total. The number of rotatable bonds is 4. The van der Waals surface area contributed by atoms with Crippen molar-refractivity contribution in [2.24, 2.45) is 0 Å². The van der Waals surface area contributed by atoms with Gasteiger partial charge in [0.05, 0.1) is 0 Å². The van der Waals surface area contributed by atoms with Crippen LogP contribution in [0.3, 0.4) is 0 Å². The van der Waals surface area contributed by atoms with Crippen molar-refractivity contribution in [3.8, 4) is 0 Å². The van der Waals surface area contributed by atoms with E-state index in [4.69, 9.17) is 0 Å². The minimum Gasteiger partial charge on any atom is -0.335 e. The molecule has 128 valence electrons. The Bertz CT molecular complexity index is 516. The summed E-state index contributed by atoms with van der Waals surface area (Å²) in [6.45, 7) is 8.44. The van der Waals surface area contributed by atoms with Gasteiger partial charge in [-0.2, -0.15) is 0 Å². The van der Waals surface area contributed by atoms with Gasteiger partial charge in [0.25, 0.3) is 0 Å². The van der Waals surface area contributed by atoms with E-state index < -0.39 is 0 Å². The van der Waals surface area contributed by atoms with Gasteiger partial charge < -0.3 is 10.2 Å². The molecule has 23 heavy (non-hydrogen) atoms. The molecule has 0 spiro atoms. The van der Waals surface area contributed by atoms with Crippen LogP contribution in [0.15, 0.2) is 17.5 Å². The van der Waals surface area contributed by atoms with Gasteiger partial charge in [0.1, 0.15) is 0 Å². The Morgan fingerprint density at radius 2 is 2.09 bits per heavy atom. The quantitative estimate of drug-likeness (QED) is 0.916. The van der Waals surface area contributed by atoms with Crippen LogP contribution in [0.5, 0.6) is 0 Å². The minimum absolute atomic E-state index is 0.116. The van der Waals surface area contributed by atoms with E-state index in [1.807, 2.05) is 4.90 Å². The van der Waals surface area contributed by atoms with Crippen molar-refractivity contribution in [1.29, 1.82) is 0 Å². The number of nitrogens with zero attached hydrogens (tertiary/aromatic N) is 2. The van der Waals surface area contributed by atoms with E-state index in [1.165, 1.54) is 17.7 Å². The molecular weight excluding hydrogens is 306 g/mol. The maximum absolute atomic E-state index is 12.6. The van der Waals surface area contributed by atoms with Crippen molar-refractivity contribution < 1.29 is 4.79 Å². The second-order valence-corrected chi connectivity index (χ2v) is 8.33. The number of carbonyl (C=O) groups is 1. The fraction of sp³-hybridized carbons (Fsp3) is 0.722. The van der Waals surface area contributed by atoms with E-state index in [0.29, 0.717) is 18.1 Å². The van der Waals surface area contributed by atoms with Crippen LogP contribution in [-0.2, 0) is 6.42 Å². The summed E-state index contributed by atoms with van der Waals surface area (Å²) in [7, 11) is 0. The van der Waals surface area contributed by atoms with Crippen molar-refractivity contribution in [2.75, 3.05) is 13.1 Å². The van der Waals surface area contributed by atoms with Crippen LogP contribution < -0.4 is 5.32 Å². The molecule has 0 saturated carbocycles. The SMILES string of the molecule is CC(Cc1cccs1)NC(=O)N1CCC2CCC(C1)N2C(C)C. The van der Waals surface area contributed by atoms with E-state index in [-0.39, 0.29) is 12.1 Å². The normalized spacial score (nSPS) is 26.3. The first-order valence-electron chi connectivity index (χ1n) is 8.90. The highest BCUT2D eigenvalue weighted by molar-refractivity contribution is 7.09. The highest BCUT2D eigenvalue weighted by Crippen LogP contribution is 2.32. The lowest BCUT2D eigenvalue weighted by atomic mass is 10.1. The van der Waals surface area contributed by atoms with Crippen LogP contribution in [0.25, 0.3) is 0 Å². The van der Waals surface area contributed by atoms with Crippen LogP contribution in [0.4, 0.5) is 4.79 Å². The average molecular weight is 336 g/mol. The molecule has 3 heterocycles. The van der Waals surface area contributed by atoms with Gasteiger partial charge >= 0.3 is 6.03 Å². The van der Waals surface area contributed by atoms with Crippen molar-refractivity contribution in [2.45, 2.75) is 70.6 Å². The number of hydrogen-bond acceptors (Lipinski definition) is 3. The minimum atomic E-state index is 0.116. The van der Waals surface area contributed by atoms with Gasteiger partial charge in [-0.3, -0.25) is 4.90 Å². The number of nitrogens with one attached hydrogen (secondary N) is 1. The lowest BCUT2D eigenvalue weighted by Crippen LogP contribution is -2.48. The average Bonchev–Trinajstić information content (AvgIpc) is 3.05. The van der Waals surface area contributed by atoms with Crippen molar-refractivity contribution in [1.82, 2.24) is 15.1 Å². The third kappa shape index (κ3) is 3.89. The molecule has 4 nitrogen and oxygen atoms in total. The zero-order valence-electron chi connectivity index (χ0n) is 14.5. The Morgan fingerprint density at radius 3 is 2.78 bits per heavy atom. The molecule has 0 aromatic carbocycles. The first-order chi connectivity index (χ1) is 11.0. The number of fused-ring (bicyclic) bond motifs is 2. The van der Waals surface area contributed by atoms with Crippen molar-refractivity contribution in [3.63, 3.8) is 0 Å². The summed E-state index contributed by atoms with van der Waals surface area (Å²) in [5.41, 5.74) is 0. The predicted octanol–water partition coefficient (Wildman–Crippen LogP) is 3.34. The van der Waals surface area contributed by atoms with Gasteiger partial charge in [0.2, 0.25) is 0 Å². The maximum atomic E-state index is 12.6. The molecule has 2 aliphatic heterocycles. The van der Waals surface area contributed by atoms with Gasteiger partial charge in [-0.15, -0.1) is 11.3 Å². The van der Waals surface area contributed by atoms with E-state index in [2.05, 4.69) is 48.5 Å². The largest absolute Gasteiger partial charge is 0.335 e. The summed E-state index contributed by atoms with van der Waals surface area (Å²) in [5.74, 6) is 0. The molecule has 3 atom stereocenters. The first kappa shape index (κ1) is 16.8. The molecule has 3 rings (SSSR count). The molecule has 5 heteroatoms. The summed E-state index contributed by atoms with van der Waals surface area (Å²) < 4.78 is 0. The predicted molar refractivity (Wildman–Crippen MR) is 96.0 cm³/mol. The third-order valence-corrected chi connectivity index (χ3v) is 6.08. The molecule has 2 bridgehead atoms. The number of thiophene rings is 1. The fourth-order valence-corrected chi connectivity index (χ4v) is 5.06. The van der Waals surface area contributed by atoms with Gasteiger partial charge in [-0.25, -0.2) is 4.79 Å². The van der Waals surface area contributed by atoms with Crippen LogP contribution in [-0.4, -0.2) is 53.1 Å². The molecule has 2 amide bonds. The van der Waals surface area contributed by atoms with Gasteiger partial charge in [-0.05, 0) is 51.5 Å². The van der Waals surface area contributed by atoms with E-state index in [1.54, 1.807) is 11.3 Å². The second-order valence-electron chi connectivity index (χ2n) is 7.29. The monoisotopic (exact) mass is 335 g/mol. The Balaban J connectivity index is 1.56. The van der Waals surface area contributed by atoms with Crippen LogP contribution in [0.2, 0.25) is 0 Å². The molecule has 2 fully saturated rings. The van der Waals surface area contributed by atoms with E-state index in [9.17, 15) is 4.79 Å². The third-order valence-electron chi connectivity index (χ3n) is 5.18. The number of carbonyl (C=O) groups excluding carboxylic acids is 1. The molecular formula is C18H29N3OS. The Morgan fingerprint density at radius 1 is 1.30 bits per heavy atom. The highest BCUT2D eigenvalue weighted by atomic mass is 32.1. The number of hydrogen-bond donors (Lipinski definition) is 1. The van der Waals surface area contributed by atoms with Crippen LogP contribution in [0.1, 0.15) is 44.9 Å². The van der Waals surface area contributed by atoms with Crippen molar-refractivity contribution in [3.05, 3.63) is 22.4 Å². The summed E-state index contributed by atoms with van der Waals surface area (Å²) in [5, 5.41) is 5.29. The zero-order chi connectivity index (χ0) is 16.4. The fourth-order valence-electron chi connectivity index (χ4n) is 4.22. The summed E-state index contributed by atoms with van der Waals surface area (Å²) in [6, 6.07) is 6.29. The van der Waals surface area contributed by atoms with Crippen LogP contribution in [0, 0.1) is 0 Å². The van der Waals surface area contributed by atoms with Gasteiger partial charge in [0.15, 0.2) is 0 Å². The number of urea groups is 1. The summed E-state index contributed by atoms with van der Waals surface area (Å²) in [6.07, 6.45) is 4.56. The molecule has 2 aliphatic rings. The summed E-state index contributed by atoms with van der Waals surface area (Å²) >= 11 is 1.76. The lowest BCUT2D eigenvalue weighted by Gasteiger charge is -2.32. The number of amides is 2. The Labute approximate surface area is 143 Å². The van der Waals surface area contributed by atoms with Crippen LogP contribution >= 0.6 is 11.3 Å². The molecule has 1 aromatic rings. The second kappa shape index (κ2) is 7.22. The number of likely N-dealkylation sites (tertiary alicyclic amines) is 1. The standard InChI is InChI=1S/C18H29N3OS/c1-13(2)21-15-6-7-16(21)12-20(9-8-15)18(22)19-14(3)11-17-5-4-10-23-17/h4-5,10,13-16H,6-9,11-12H2,1-3H3,(H,19,22). The molecule has 1 aromatic heterocycles. The Hall–Kier alpha value is -1.07. The van der Waals surface area contributed by atoms with E-state index in [0.717, 1.165) is 25.9 Å². The smallest absolute Gasteiger partial charge is 0.317 e. The van der Waals surface area contributed by atoms with Gasteiger partial charge in [-0.1, -0.05) is 6.07 Å². The topological polar surface area (TPSA) is 35.6 Å². The Kier molecular flexibility index (Phi) is 5.27. The first-order valence-corrected chi connectivity index (χ1v) is 9.78. The molecule has 0 aliphatic carbocycles.